The molecule has 65 heavy (non-hydrogen) atoms. The molecular formula is C59H111NO5. The van der Waals surface area contributed by atoms with Gasteiger partial charge in [0.05, 0.1) is 25.4 Å². The maximum Gasteiger partial charge on any atom is 0.305 e. The van der Waals surface area contributed by atoms with E-state index in [2.05, 4.69) is 43.5 Å². The van der Waals surface area contributed by atoms with Crippen LogP contribution in [-0.2, 0) is 14.3 Å². The van der Waals surface area contributed by atoms with E-state index >= 15 is 0 Å². The van der Waals surface area contributed by atoms with Crippen molar-refractivity contribution in [2.24, 2.45) is 0 Å². The predicted octanol–water partition coefficient (Wildman–Crippen LogP) is 17.6. The number of aliphatic hydroxyl groups excluding tert-OH is 2. The van der Waals surface area contributed by atoms with Gasteiger partial charge in [-0.3, -0.25) is 9.59 Å². The Hall–Kier alpha value is -1.92. The number of unbranched alkanes of at least 4 members (excludes halogenated alkanes) is 38. The summed E-state index contributed by atoms with van der Waals surface area (Å²) in [6.45, 7) is 4.86. The Balaban J connectivity index is 3.49. The average molecular weight is 915 g/mol. The number of ether oxygens (including phenoxy) is 1. The summed E-state index contributed by atoms with van der Waals surface area (Å²) >= 11 is 0. The number of hydrogen-bond donors (Lipinski definition) is 3. The van der Waals surface area contributed by atoms with E-state index in [1.807, 2.05) is 6.08 Å². The standard InChI is InChI=1S/C59H111NO5/c1-3-5-7-9-11-13-15-17-19-21-22-23-24-27-31-35-39-43-47-51-57(62)56(55-61)60-58(63)52-48-44-40-36-32-28-26-30-34-38-42-46-50-54-65-59(64)53-49-45-41-37-33-29-25-20-18-16-14-12-10-8-6-4-2/h14,16,20,25,47,51,56-57,61-62H,3-13,15,17-19,21-24,26-46,48-50,52-55H2,1-2H3,(H,60,63)/b16-14-,25-20-,51-47+. The Bertz CT molecular complexity index is 1060. The zero-order valence-electron chi connectivity index (χ0n) is 43.5. The van der Waals surface area contributed by atoms with Crippen LogP contribution in [0.25, 0.3) is 0 Å². The highest BCUT2D eigenvalue weighted by atomic mass is 16.5. The Morgan fingerprint density at radius 1 is 0.431 bits per heavy atom. The van der Waals surface area contributed by atoms with Gasteiger partial charge in [0.25, 0.3) is 0 Å². The van der Waals surface area contributed by atoms with Crippen LogP contribution in [0.15, 0.2) is 36.5 Å². The summed E-state index contributed by atoms with van der Waals surface area (Å²) in [5.74, 6) is -0.100. The van der Waals surface area contributed by atoms with Crippen molar-refractivity contribution >= 4 is 11.9 Å². The van der Waals surface area contributed by atoms with Crippen molar-refractivity contribution < 1.29 is 24.5 Å². The lowest BCUT2D eigenvalue weighted by atomic mass is 10.0. The molecule has 2 unspecified atom stereocenters. The molecule has 0 aliphatic heterocycles. The first kappa shape index (κ1) is 63.1. The van der Waals surface area contributed by atoms with Gasteiger partial charge >= 0.3 is 5.97 Å². The van der Waals surface area contributed by atoms with E-state index in [1.54, 1.807) is 6.08 Å². The van der Waals surface area contributed by atoms with E-state index in [-0.39, 0.29) is 18.5 Å². The number of amides is 1. The average Bonchev–Trinajstić information content (AvgIpc) is 3.31. The third kappa shape index (κ3) is 51.3. The fourth-order valence-corrected chi connectivity index (χ4v) is 8.72. The molecule has 6 heteroatoms. The van der Waals surface area contributed by atoms with Crippen LogP contribution in [0.1, 0.15) is 303 Å². The predicted molar refractivity (Wildman–Crippen MR) is 283 cm³/mol. The van der Waals surface area contributed by atoms with Crippen molar-refractivity contribution in [3.63, 3.8) is 0 Å². The van der Waals surface area contributed by atoms with Crippen LogP contribution in [0, 0.1) is 0 Å². The van der Waals surface area contributed by atoms with E-state index in [0.29, 0.717) is 19.4 Å². The topological polar surface area (TPSA) is 95.9 Å². The van der Waals surface area contributed by atoms with Crippen LogP contribution in [-0.4, -0.2) is 47.4 Å². The summed E-state index contributed by atoms with van der Waals surface area (Å²) in [6, 6.07) is -0.639. The lowest BCUT2D eigenvalue weighted by Gasteiger charge is -2.20. The third-order valence-corrected chi connectivity index (χ3v) is 13.2. The van der Waals surface area contributed by atoms with Crippen LogP contribution in [0.3, 0.4) is 0 Å². The van der Waals surface area contributed by atoms with Gasteiger partial charge in [0, 0.05) is 12.8 Å². The molecule has 0 heterocycles. The third-order valence-electron chi connectivity index (χ3n) is 13.2. The minimum atomic E-state index is -0.854. The summed E-state index contributed by atoms with van der Waals surface area (Å²) in [5.41, 5.74) is 0. The first-order valence-electron chi connectivity index (χ1n) is 28.8. The molecule has 0 spiro atoms. The molecule has 1 amide bonds. The first-order chi connectivity index (χ1) is 32.0. The number of allylic oxidation sites excluding steroid dienone is 5. The second-order valence-electron chi connectivity index (χ2n) is 19.6. The van der Waals surface area contributed by atoms with Gasteiger partial charge in [0.1, 0.15) is 0 Å². The smallest absolute Gasteiger partial charge is 0.305 e. The molecule has 0 aromatic rings. The molecule has 0 aromatic heterocycles. The quantitative estimate of drug-likeness (QED) is 0.0321. The molecule has 0 aliphatic rings. The fraction of sp³-hybridized carbons (Fsp3) is 0.864. The Labute approximate surface area is 404 Å². The van der Waals surface area contributed by atoms with Crippen molar-refractivity contribution in [3.8, 4) is 0 Å². The SMILES string of the molecule is CCCCCC/C=C\C/C=C\CCCCCCCC(=O)OCCCCCCCCCCCCCCCC(=O)NC(CO)C(O)/C=C/CCCCCCCCCCCCCCCCCCC. The highest BCUT2D eigenvalue weighted by Gasteiger charge is 2.18. The maximum absolute atomic E-state index is 12.5. The van der Waals surface area contributed by atoms with Crippen LogP contribution < -0.4 is 5.32 Å². The number of carbonyl (C=O) groups excluding carboxylic acids is 2. The largest absolute Gasteiger partial charge is 0.466 e. The molecule has 0 aliphatic carbocycles. The van der Waals surface area contributed by atoms with Gasteiger partial charge in [0.15, 0.2) is 0 Å². The molecule has 3 N–H and O–H groups in total. The number of aliphatic hydroxyl groups is 2. The van der Waals surface area contributed by atoms with Crippen molar-refractivity contribution in [1.29, 1.82) is 0 Å². The van der Waals surface area contributed by atoms with Crippen LogP contribution in [0.5, 0.6) is 0 Å². The molecule has 0 fully saturated rings. The van der Waals surface area contributed by atoms with Gasteiger partial charge < -0.3 is 20.3 Å². The van der Waals surface area contributed by atoms with Crippen LogP contribution >= 0.6 is 0 Å². The molecule has 0 aromatic carbocycles. The van der Waals surface area contributed by atoms with Crippen LogP contribution in [0.4, 0.5) is 0 Å². The molecule has 0 rings (SSSR count). The molecule has 382 valence electrons. The maximum atomic E-state index is 12.5. The highest BCUT2D eigenvalue weighted by molar-refractivity contribution is 5.76. The Morgan fingerprint density at radius 3 is 1.18 bits per heavy atom. The summed E-state index contributed by atoms with van der Waals surface area (Å²) in [6.07, 6.45) is 67.2. The second-order valence-corrected chi connectivity index (χ2v) is 19.6. The number of esters is 1. The lowest BCUT2D eigenvalue weighted by Crippen LogP contribution is -2.45. The molecule has 0 saturated carbocycles. The molecule has 0 bridgehead atoms. The van der Waals surface area contributed by atoms with Gasteiger partial charge in [-0.05, 0) is 64.2 Å². The van der Waals surface area contributed by atoms with Gasteiger partial charge in [-0.25, -0.2) is 0 Å². The van der Waals surface area contributed by atoms with Gasteiger partial charge in [-0.15, -0.1) is 0 Å². The fourth-order valence-electron chi connectivity index (χ4n) is 8.72. The molecular weight excluding hydrogens is 803 g/mol. The van der Waals surface area contributed by atoms with E-state index < -0.39 is 12.1 Å². The summed E-state index contributed by atoms with van der Waals surface area (Å²) in [7, 11) is 0. The Kier molecular flexibility index (Phi) is 53.1. The van der Waals surface area contributed by atoms with Gasteiger partial charge in [-0.2, -0.15) is 0 Å². The zero-order chi connectivity index (χ0) is 47.2. The van der Waals surface area contributed by atoms with Crippen molar-refractivity contribution in [1.82, 2.24) is 5.32 Å². The number of carbonyl (C=O) groups is 2. The molecule has 6 nitrogen and oxygen atoms in total. The first-order valence-corrected chi connectivity index (χ1v) is 28.8. The summed E-state index contributed by atoms with van der Waals surface area (Å²) in [4.78, 5) is 24.5. The number of nitrogens with one attached hydrogen (secondary N) is 1. The van der Waals surface area contributed by atoms with Crippen LogP contribution in [0.2, 0.25) is 0 Å². The second kappa shape index (κ2) is 54.7. The minimum absolute atomic E-state index is 0.0202. The van der Waals surface area contributed by atoms with Crippen molar-refractivity contribution in [2.45, 2.75) is 315 Å². The zero-order valence-corrected chi connectivity index (χ0v) is 43.5. The minimum Gasteiger partial charge on any atom is -0.466 e. The monoisotopic (exact) mass is 914 g/mol. The molecule has 0 radical (unpaired) electrons. The lowest BCUT2D eigenvalue weighted by molar-refractivity contribution is -0.143. The molecule has 0 saturated heterocycles. The van der Waals surface area contributed by atoms with E-state index in [1.165, 1.54) is 212 Å². The van der Waals surface area contributed by atoms with Crippen molar-refractivity contribution in [3.05, 3.63) is 36.5 Å². The summed E-state index contributed by atoms with van der Waals surface area (Å²) in [5, 5.41) is 23.1. The Morgan fingerprint density at radius 2 is 0.769 bits per heavy atom. The number of rotatable bonds is 53. The normalized spacial score (nSPS) is 12.9. The molecule has 2 atom stereocenters. The van der Waals surface area contributed by atoms with Crippen molar-refractivity contribution in [2.75, 3.05) is 13.2 Å². The summed E-state index contributed by atoms with van der Waals surface area (Å²) < 4.78 is 5.47. The van der Waals surface area contributed by atoms with E-state index in [4.69, 9.17) is 4.74 Å². The number of hydrogen-bond acceptors (Lipinski definition) is 5. The highest BCUT2D eigenvalue weighted by Crippen LogP contribution is 2.16. The van der Waals surface area contributed by atoms with Gasteiger partial charge in [-0.1, -0.05) is 262 Å². The van der Waals surface area contributed by atoms with Gasteiger partial charge in [0.2, 0.25) is 5.91 Å². The van der Waals surface area contributed by atoms with E-state index in [9.17, 15) is 19.8 Å². The van der Waals surface area contributed by atoms with E-state index in [0.717, 1.165) is 64.2 Å².